The molecule has 0 fully saturated rings. The standard InChI is InChI=1S/C17H37N/c1-5-8-10-11-12-13-15-18(4)16-17(7-3)14-9-6-2/h17H,5-16H2,1-4H3. The molecule has 0 aromatic carbocycles. The van der Waals surface area contributed by atoms with Gasteiger partial charge in [0.1, 0.15) is 0 Å². The van der Waals surface area contributed by atoms with Crippen LogP contribution in [0.1, 0.15) is 85.0 Å². The molecule has 0 rings (SSSR count). The van der Waals surface area contributed by atoms with Gasteiger partial charge in [-0.15, -0.1) is 0 Å². The van der Waals surface area contributed by atoms with Crippen molar-refractivity contribution in [1.29, 1.82) is 0 Å². The molecule has 0 aromatic heterocycles. The van der Waals surface area contributed by atoms with Gasteiger partial charge in [0.2, 0.25) is 0 Å². The Morgan fingerprint density at radius 3 is 2.00 bits per heavy atom. The Morgan fingerprint density at radius 2 is 1.39 bits per heavy atom. The molecular formula is C17H37N. The second-order valence-electron chi connectivity index (χ2n) is 5.95. The van der Waals surface area contributed by atoms with Crippen molar-refractivity contribution in [2.45, 2.75) is 85.0 Å². The lowest BCUT2D eigenvalue weighted by molar-refractivity contribution is 0.254. The van der Waals surface area contributed by atoms with Crippen LogP contribution in [0.5, 0.6) is 0 Å². The molecule has 0 aromatic rings. The van der Waals surface area contributed by atoms with Gasteiger partial charge >= 0.3 is 0 Å². The summed E-state index contributed by atoms with van der Waals surface area (Å²) in [6, 6.07) is 0. The molecule has 0 heterocycles. The molecule has 1 nitrogen and oxygen atoms in total. The number of hydrogen-bond acceptors (Lipinski definition) is 1. The van der Waals surface area contributed by atoms with Gasteiger partial charge in [-0.2, -0.15) is 0 Å². The van der Waals surface area contributed by atoms with Gasteiger partial charge in [-0.25, -0.2) is 0 Å². The summed E-state index contributed by atoms with van der Waals surface area (Å²) in [6.45, 7) is 9.54. The van der Waals surface area contributed by atoms with E-state index in [2.05, 4.69) is 32.7 Å². The summed E-state index contributed by atoms with van der Waals surface area (Å²) in [6.07, 6.45) is 14.0. The van der Waals surface area contributed by atoms with E-state index < -0.39 is 0 Å². The fourth-order valence-electron chi connectivity index (χ4n) is 2.61. The summed E-state index contributed by atoms with van der Waals surface area (Å²) in [7, 11) is 2.31. The SMILES string of the molecule is CCCCCCCCN(C)CC(CC)CCCC. The molecule has 0 aliphatic rings. The number of unbranched alkanes of at least 4 members (excludes halogenated alkanes) is 6. The minimum Gasteiger partial charge on any atom is -0.306 e. The van der Waals surface area contributed by atoms with E-state index in [4.69, 9.17) is 0 Å². The van der Waals surface area contributed by atoms with Crippen LogP contribution in [0, 0.1) is 5.92 Å². The molecule has 1 heteroatoms. The molecule has 0 saturated carbocycles. The Balaban J connectivity index is 3.46. The third-order valence-corrected chi connectivity index (χ3v) is 4.01. The predicted octanol–water partition coefficient (Wildman–Crippen LogP) is 5.50. The van der Waals surface area contributed by atoms with Gasteiger partial charge in [-0.05, 0) is 32.4 Å². The van der Waals surface area contributed by atoms with E-state index in [1.807, 2.05) is 0 Å². The van der Waals surface area contributed by atoms with E-state index in [1.54, 1.807) is 0 Å². The first kappa shape index (κ1) is 18.0. The Labute approximate surface area is 116 Å². The molecule has 1 atom stereocenters. The van der Waals surface area contributed by atoms with Crippen molar-refractivity contribution >= 4 is 0 Å². The molecular weight excluding hydrogens is 218 g/mol. The lowest BCUT2D eigenvalue weighted by atomic mass is 9.99. The topological polar surface area (TPSA) is 3.24 Å². The maximum absolute atomic E-state index is 2.56. The highest BCUT2D eigenvalue weighted by Crippen LogP contribution is 2.14. The summed E-state index contributed by atoms with van der Waals surface area (Å²) < 4.78 is 0. The third kappa shape index (κ3) is 11.1. The molecule has 0 aliphatic heterocycles. The van der Waals surface area contributed by atoms with E-state index >= 15 is 0 Å². The summed E-state index contributed by atoms with van der Waals surface area (Å²) in [4.78, 5) is 2.56. The molecule has 0 aliphatic carbocycles. The van der Waals surface area contributed by atoms with Gasteiger partial charge in [0, 0.05) is 6.54 Å². The monoisotopic (exact) mass is 255 g/mol. The van der Waals surface area contributed by atoms with Crippen LogP contribution in [0.3, 0.4) is 0 Å². The predicted molar refractivity (Wildman–Crippen MR) is 84.2 cm³/mol. The van der Waals surface area contributed by atoms with Gasteiger partial charge in [-0.1, -0.05) is 72.1 Å². The summed E-state index contributed by atoms with van der Waals surface area (Å²) in [5.74, 6) is 0.926. The average Bonchev–Trinajstić information content (AvgIpc) is 2.38. The van der Waals surface area contributed by atoms with E-state index in [0.717, 1.165) is 5.92 Å². The Hall–Kier alpha value is -0.0400. The van der Waals surface area contributed by atoms with Gasteiger partial charge < -0.3 is 4.90 Å². The normalized spacial score (nSPS) is 13.2. The zero-order valence-electron chi connectivity index (χ0n) is 13.5. The Bertz CT molecular complexity index is 156. The molecule has 0 bridgehead atoms. The van der Waals surface area contributed by atoms with Gasteiger partial charge in [0.15, 0.2) is 0 Å². The Kier molecular flexibility index (Phi) is 13.4. The first-order chi connectivity index (χ1) is 8.74. The van der Waals surface area contributed by atoms with Crippen molar-refractivity contribution in [2.75, 3.05) is 20.1 Å². The largest absolute Gasteiger partial charge is 0.306 e. The second kappa shape index (κ2) is 13.4. The number of nitrogens with zero attached hydrogens (tertiary/aromatic N) is 1. The molecule has 0 saturated heterocycles. The summed E-state index contributed by atoms with van der Waals surface area (Å²) in [5, 5.41) is 0. The number of rotatable bonds is 13. The second-order valence-corrected chi connectivity index (χ2v) is 5.95. The van der Waals surface area contributed by atoms with Crippen LogP contribution in [0.2, 0.25) is 0 Å². The maximum Gasteiger partial charge on any atom is 0.000650 e. The highest BCUT2D eigenvalue weighted by molar-refractivity contribution is 4.63. The van der Waals surface area contributed by atoms with Crippen LogP contribution in [0.25, 0.3) is 0 Å². The van der Waals surface area contributed by atoms with Crippen LogP contribution in [0.15, 0.2) is 0 Å². The molecule has 110 valence electrons. The van der Waals surface area contributed by atoms with Gasteiger partial charge in [0.25, 0.3) is 0 Å². The first-order valence-electron chi connectivity index (χ1n) is 8.43. The van der Waals surface area contributed by atoms with Crippen LogP contribution in [0.4, 0.5) is 0 Å². The summed E-state index contributed by atoms with van der Waals surface area (Å²) in [5.41, 5.74) is 0. The summed E-state index contributed by atoms with van der Waals surface area (Å²) >= 11 is 0. The lowest BCUT2D eigenvalue weighted by Gasteiger charge is -2.23. The van der Waals surface area contributed by atoms with Gasteiger partial charge in [0.05, 0.1) is 0 Å². The van der Waals surface area contributed by atoms with Crippen molar-refractivity contribution in [1.82, 2.24) is 4.90 Å². The minimum absolute atomic E-state index is 0.926. The number of hydrogen-bond donors (Lipinski definition) is 0. The molecule has 18 heavy (non-hydrogen) atoms. The fraction of sp³-hybridized carbons (Fsp3) is 1.00. The van der Waals surface area contributed by atoms with Crippen molar-refractivity contribution in [3.05, 3.63) is 0 Å². The maximum atomic E-state index is 2.56. The molecule has 0 N–H and O–H groups in total. The van der Waals surface area contributed by atoms with Crippen LogP contribution >= 0.6 is 0 Å². The quantitative estimate of drug-likeness (QED) is 0.393. The fourth-order valence-corrected chi connectivity index (χ4v) is 2.61. The van der Waals surface area contributed by atoms with Crippen molar-refractivity contribution in [3.8, 4) is 0 Å². The zero-order chi connectivity index (χ0) is 13.6. The third-order valence-electron chi connectivity index (χ3n) is 4.01. The minimum atomic E-state index is 0.926. The first-order valence-corrected chi connectivity index (χ1v) is 8.43. The lowest BCUT2D eigenvalue weighted by Crippen LogP contribution is -2.26. The smallest absolute Gasteiger partial charge is 0.000650 e. The van der Waals surface area contributed by atoms with Crippen LogP contribution in [-0.4, -0.2) is 25.0 Å². The molecule has 0 amide bonds. The van der Waals surface area contributed by atoms with Crippen molar-refractivity contribution in [3.63, 3.8) is 0 Å². The molecule has 1 unspecified atom stereocenters. The van der Waals surface area contributed by atoms with Crippen LogP contribution in [-0.2, 0) is 0 Å². The highest BCUT2D eigenvalue weighted by atomic mass is 15.1. The van der Waals surface area contributed by atoms with Crippen molar-refractivity contribution in [2.24, 2.45) is 5.92 Å². The average molecular weight is 255 g/mol. The zero-order valence-corrected chi connectivity index (χ0v) is 13.5. The Morgan fingerprint density at radius 1 is 0.778 bits per heavy atom. The molecule has 0 spiro atoms. The van der Waals surface area contributed by atoms with Crippen molar-refractivity contribution < 1.29 is 0 Å². The van der Waals surface area contributed by atoms with E-state index in [0.29, 0.717) is 0 Å². The van der Waals surface area contributed by atoms with E-state index in [-0.39, 0.29) is 0 Å². The van der Waals surface area contributed by atoms with Gasteiger partial charge in [-0.3, -0.25) is 0 Å². The molecule has 0 radical (unpaired) electrons. The highest BCUT2D eigenvalue weighted by Gasteiger charge is 2.08. The van der Waals surface area contributed by atoms with Crippen LogP contribution < -0.4 is 0 Å². The van der Waals surface area contributed by atoms with E-state index in [1.165, 1.54) is 77.3 Å². The van der Waals surface area contributed by atoms with E-state index in [9.17, 15) is 0 Å².